The molecule has 3 aliphatic rings. The molecule has 6 heterocycles. The van der Waals surface area contributed by atoms with E-state index in [1.807, 2.05) is 23.6 Å². The summed E-state index contributed by atoms with van der Waals surface area (Å²) in [4.78, 5) is 25.9. The fraction of sp³-hybridized carbons (Fsp3) is 0.520. The third kappa shape index (κ3) is 4.46. The van der Waals surface area contributed by atoms with E-state index in [0.717, 1.165) is 60.9 Å². The average molecular weight is 462 g/mol. The average Bonchev–Trinajstić information content (AvgIpc) is 3.33. The lowest BCUT2D eigenvalue weighted by molar-refractivity contribution is 0.141. The van der Waals surface area contributed by atoms with Crippen LogP contribution in [-0.4, -0.2) is 70.1 Å². The normalized spacial score (nSPS) is 20.9. The second-order valence-electron chi connectivity index (χ2n) is 9.32. The van der Waals surface area contributed by atoms with Crippen molar-refractivity contribution in [3.63, 3.8) is 0 Å². The molecule has 0 bridgehead atoms. The molecule has 33 heavy (non-hydrogen) atoms. The van der Waals surface area contributed by atoms with Crippen molar-refractivity contribution in [2.45, 2.75) is 44.6 Å². The molecule has 7 nitrogen and oxygen atoms in total. The molecular weight excluding hydrogens is 430 g/mol. The first-order chi connectivity index (χ1) is 16.3. The third-order valence-electron chi connectivity index (χ3n) is 7.28. The van der Waals surface area contributed by atoms with E-state index in [9.17, 15) is 0 Å². The van der Waals surface area contributed by atoms with Crippen LogP contribution in [0.1, 0.15) is 44.2 Å². The molecule has 2 fully saturated rings. The molecular formula is C25H31N7S. The molecule has 0 unspecified atom stereocenters. The Labute approximate surface area is 199 Å². The van der Waals surface area contributed by atoms with Crippen LogP contribution in [0.15, 0.2) is 36.8 Å². The van der Waals surface area contributed by atoms with Gasteiger partial charge in [0.15, 0.2) is 5.13 Å². The topological polar surface area (TPSA) is 61.3 Å². The molecule has 3 aliphatic heterocycles. The second kappa shape index (κ2) is 9.35. The van der Waals surface area contributed by atoms with Crippen LogP contribution >= 0.6 is 11.3 Å². The summed E-state index contributed by atoms with van der Waals surface area (Å²) in [5.41, 5.74) is 3.41. The van der Waals surface area contributed by atoms with Crippen molar-refractivity contribution in [2.75, 3.05) is 49.1 Å². The Morgan fingerprint density at radius 1 is 0.879 bits per heavy atom. The van der Waals surface area contributed by atoms with Crippen LogP contribution in [0.4, 0.5) is 11.1 Å². The molecule has 3 aromatic rings. The molecule has 0 amide bonds. The summed E-state index contributed by atoms with van der Waals surface area (Å²) in [6.07, 6.45) is 15.5. The van der Waals surface area contributed by atoms with Crippen LogP contribution in [0.3, 0.4) is 0 Å². The van der Waals surface area contributed by atoms with Gasteiger partial charge in [0.2, 0.25) is 5.95 Å². The maximum Gasteiger partial charge on any atom is 0.225 e. The monoisotopic (exact) mass is 461 g/mol. The molecule has 172 valence electrons. The molecule has 0 N–H and O–H groups in total. The first-order valence-electron chi connectivity index (χ1n) is 12.3. The van der Waals surface area contributed by atoms with Gasteiger partial charge >= 0.3 is 0 Å². The standard InChI is InChI=1S/C25H31N7S/c1-2-11-30(12-3-1)20-7-15-32(16-8-20)25-29-22-18-28-21(17-23(22)33-25)19-5-13-31(14-6-19)24-26-9-4-10-27-24/h4-5,9-10,17-18,20H,1-3,6-8,11-16H2. The zero-order chi connectivity index (χ0) is 22.0. The number of anilines is 2. The highest BCUT2D eigenvalue weighted by Crippen LogP contribution is 2.33. The van der Waals surface area contributed by atoms with Gasteiger partial charge in [-0.1, -0.05) is 23.8 Å². The number of rotatable bonds is 4. The number of pyridine rings is 1. The van der Waals surface area contributed by atoms with Gasteiger partial charge in [0.1, 0.15) is 5.52 Å². The summed E-state index contributed by atoms with van der Waals surface area (Å²) in [6.45, 7) is 6.56. The number of hydrogen-bond acceptors (Lipinski definition) is 8. The van der Waals surface area contributed by atoms with Gasteiger partial charge < -0.3 is 14.7 Å². The first-order valence-corrected chi connectivity index (χ1v) is 13.1. The SMILES string of the molecule is C1=C(c2cc3sc(N4CCC(N5CCCCC5)CC4)nc3cn2)CCN(c2ncccn2)C1. The zero-order valence-corrected chi connectivity index (χ0v) is 19.9. The van der Waals surface area contributed by atoms with Crippen LogP contribution in [-0.2, 0) is 0 Å². The highest BCUT2D eigenvalue weighted by atomic mass is 32.1. The fourth-order valence-electron chi connectivity index (χ4n) is 5.37. The molecule has 0 aromatic carbocycles. The van der Waals surface area contributed by atoms with Crippen LogP contribution in [0.5, 0.6) is 0 Å². The van der Waals surface area contributed by atoms with Crippen LogP contribution in [0.25, 0.3) is 15.8 Å². The lowest BCUT2D eigenvalue weighted by Crippen LogP contribution is -2.46. The van der Waals surface area contributed by atoms with Gasteiger partial charge in [0.05, 0.1) is 16.6 Å². The number of aromatic nitrogens is 4. The van der Waals surface area contributed by atoms with Crippen molar-refractivity contribution in [3.8, 4) is 0 Å². The molecule has 3 aromatic heterocycles. The van der Waals surface area contributed by atoms with E-state index in [1.165, 1.54) is 55.5 Å². The minimum atomic E-state index is 0.767. The summed E-state index contributed by atoms with van der Waals surface area (Å²) in [7, 11) is 0. The molecule has 0 saturated carbocycles. The molecule has 0 spiro atoms. The molecule has 0 atom stereocenters. The number of piperidine rings is 2. The van der Waals surface area contributed by atoms with Crippen molar-refractivity contribution in [1.29, 1.82) is 0 Å². The van der Waals surface area contributed by atoms with Gasteiger partial charge in [-0.3, -0.25) is 4.98 Å². The van der Waals surface area contributed by atoms with Gasteiger partial charge in [0, 0.05) is 44.6 Å². The Kier molecular flexibility index (Phi) is 5.94. The van der Waals surface area contributed by atoms with Gasteiger partial charge in [-0.05, 0) is 62.9 Å². The largest absolute Gasteiger partial charge is 0.348 e. The Balaban J connectivity index is 1.13. The van der Waals surface area contributed by atoms with Crippen molar-refractivity contribution < 1.29 is 0 Å². The predicted molar refractivity (Wildman–Crippen MR) is 135 cm³/mol. The van der Waals surface area contributed by atoms with Crippen LogP contribution in [0.2, 0.25) is 0 Å². The summed E-state index contributed by atoms with van der Waals surface area (Å²) < 4.78 is 1.24. The van der Waals surface area contributed by atoms with Crippen molar-refractivity contribution in [2.24, 2.45) is 0 Å². The van der Waals surface area contributed by atoms with Gasteiger partial charge in [-0.2, -0.15) is 0 Å². The third-order valence-corrected chi connectivity index (χ3v) is 8.36. The van der Waals surface area contributed by atoms with Crippen LogP contribution < -0.4 is 9.80 Å². The highest BCUT2D eigenvalue weighted by Gasteiger charge is 2.27. The zero-order valence-electron chi connectivity index (χ0n) is 19.1. The second-order valence-corrected chi connectivity index (χ2v) is 10.3. The Bertz CT molecular complexity index is 1110. The van der Waals surface area contributed by atoms with Crippen molar-refractivity contribution >= 4 is 38.2 Å². The minimum absolute atomic E-state index is 0.767. The van der Waals surface area contributed by atoms with E-state index in [0.29, 0.717) is 0 Å². The van der Waals surface area contributed by atoms with E-state index in [-0.39, 0.29) is 0 Å². The predicted octanol–water partition coefficient (Wildman–Crippen LogP) is 4.23. The fourth-order valence-corrected chi connectivity index (χ4v) is 6.40. The number of fused-ring (bicyclic) bond motifs is 1. The smallest absolute Gasteiger partial charge is 0.225 e. The maximum absolute atomic E-state index is 4.94. The van der Waals surface area contributed by atoms with Crippen molar-refractivity contribution in [1.82, 2.24) is 24.8 Å². The molecule has 8 heteroatoms. The first kappa shape index (κ1) is 21.0. The van der Waals surface area contributed by atoms with E-state index < -0.39 is 0 Å². The van der Waals surface area contributed by atoms with Gasteiger partial charge in [-0.25, -0.2) is 15.0 Å². The Morgan fingerprint density at radius 3 is 2.45 bits per heavy atom. The molecule has 6 rings (SSSR count). The van der Waals surface area contributed by atoms with Crippen LogP contribution in [0, 0.1) is 0 Å². The van der Waals surface area contributed by atoms with Gasteiger partial charge in [-0.15, -0.1) is 0 Å². The lowest BCUT2D eigenvalue weighted by atomic mass is 10.0. The minimum Gasteiger partial charge on any atom is -0.348 e. The van der Waals surface area contributed by atoms with Gasteiger partial charge in [0.25, 0.3) is 0 Å². The van der Waals surface area contributed by atoms with E-state index in [2.05, 4.69) is 36.8 Å². The van der Waals surface area contributed by atoms with Crippen molar-refractivity contribution in [3.05, 3.63) is 42.5 Å². The Hall–Kier alpha value is -2.58. The molecule has 0 radical (unpaired) electrons. The number of nitrogens with zero attached hydrogens (tertiary/aromatic N) is 7. The van der Waals surface area contributed by atoms with E-state index >= 15 is 0 Å². The molecule has 0 aliphatic carbocycles. The van der Waals surface area contributed by atoms with E-state index in [1.54, 1.807) is 12.4 Å². The summed E-state index contributed by atoms with van der Waals surface area (Å²) in [6, 6.07) is 4.86. The number of likely N-dealkylation sites (tertiary alicyclic amines) is 1. The molecule has 2 saturated heterocycles. The number of thiazole rings is 1. The number of hydrogen-bond donors (Lipinski definition) is 0. The Morgan fingerprint density at radius 2 is 1.70 bits per heavy atom. The lowest BCUT2D eigenvalue weighted by Gasteiger charge is -2.40. The summed E-state index contributed by atoms with van der Waals surface area (Å²) in [5.74, 6) is 0.798. The summed E-state index contributed by atoms with van der Waals surface area (Å²) in [5, 5.41) is 1.16. The summed E-state index contributed by atoms with van der Waals surface area (Å²) >= 11 is 1.82. The van der Waals surface area contributed by atoms with E-state index in [4.69, 9.17) is 9.97 Å². The highest BCUT2D eigenvalue weighted by molar-refractivity contribution is 7.22. The maximum atomic E-state index is 4.94. The quantitative estimate of drug-likeness (QED) is 0.576.